The fourth-order valence-electron chi connectivity index (χ4n) is 4.42. The molecule has 1 aliphatic rings. The van der Waals surface area contributed by atoms with Gasteiger partial charge in [-0.25, -0.2) is 4.79 Å². The van der Waals surface area contributed by atoms with E-state index in [1.807, 2.05) is 0 Å². The van der Waals surface area contributed by atoms with Crippen LogP contribution in [0.5, 0.6) is 0 Å². The molecule has 0 radical (unpaired) electrons. The van der Waals surface area contributed by atoms with Crippen LogP contribution in [-0.4, -0.2) is 74.3 Å². The SMILES string of the molecule is [2H]C1([2H])COCCN(C(=O)c2cc3c(cn2)c(-c2cn(C(=O)OC(C)(C)C)c4ccccc24)nn3CC(F)(F)F)C1. The van der Waals surface area contributed by atoms with Gasteiger partial charge in [-0.3, -0.25) is 19.0 Å². The summed E-state index contributed by atoms with van der Waals surface area (Å²) >= 11 is 0. The fraction of sp³-hybridized carbons (Fsp3) is 0.407. The summed E-state index contributed by atoms with van der Waals surface area (Å²) in [5.41, 5.74) is 0.0907. The zero-order chi connectivity index (χ0) is 29.7. The molecule has 0 N–H and O–H groups in total. The number of carbonyl (C=O) groups excluding carboxylic acids is 2. The molecule has 0 bridgehead atoms. The third-order valence-electron chi connectivity index (χ3n) is 6.04. The van der Waals surface area contributed by atoms with Gasteiger partial charge < -0.3 is 14.4 Å². The summed E-state index contributed by atoms with van der Waals surface area (Å²) in [6.07, 6.45) is -4.32. The molecule has 5 rings (SSSR count). The lowest BCUT2D eigenvalue weighted by atomic mass is 10.1. The minimum absolute atomic E-state index is 0.0128. The van der Waals surface area contributed by atoms with Gasteiger partial charge in [0, 0.05) is 51.2 Å². The van der Waals surface area contributed by atoms with Gasteiger partial charge in [0.05, 0.1) is 17.6 Å². The van der Waals surface area contributed by atoms with E-state index < -0.39 is 36.7 Å². The monoisotopic (exact) mass is 545 g/mol. The third-order valence-corrected chi connectivity index (χ3v) is 6.04. The Morgan fingerprint density at radius 1 is 1.10 bits per heavy atom. The van der Waals surface area contributed by atoms with Gasteiger partial charge in [-0.2, -0.15) is 18.3 Å². The molecule has 3 aromatic heterocycles. The van der Waals surface area contributed by atoms with E-state index in [9.17, 15) is 22.8 Å². The van der Waals surface area contributed by atoms with E-state index in [4.69, 9.17) is 12.2 Å². The number of alkyl halides is 3. The summed E-state index contributed by atoms with van der Waals surface area (Å²) in [6, 6.07) is 8.10. The highest BCUT2D eigenvalue weighted by Crippen LogP contribution is 2.36. The molecule has 1 amide bonds. The maximum atomic E-state index is 13.6. The molecule has 12 heteroatoms. The quantitative estimate of drug-likeness (QED) is 0.349. The molecule has 1 aromatic carbocycles. The predicted molar refractivity (Wildman–Crippen MR) is 137 cm³/mol. The van der Waals surface area contributed by atoms with E-state index in [1.54, 1.807) is 45.0 Å². The average Bonchev–Trinajstić information content (AvgIpc) is 3.35. The lowest BCUT2D eigenvalue weighted by molar-refractivity contribution is -0.141. The van der Waals surface area contributed by atoms with Crippen LogP contribution in [0.15, 0.2) is 42.7 Å². The van der Waals surface area contributed by atoms with Crippen LogP contribution in [0.2, 0.25) is 0 Å². The van der Waals surface area contributed by atoms with E-state index in [-0.39, 0.29) is 48.6 Å². The number of para-hydroxylation sites is 1. The Bertz CT molecular complexity index is 1640. The molecule has 39 heavy (non-hydrogen) atoms. The molecule has 0 atom stereocenters. The Kier molecular flexibility index (Phi) is 6.18. The zero-order valence-electron chi connectivity index (χ0n) is 23.6. The summed E-state index contributed by atoms with van der Waals surface area (Å²) < 4.78 is 69.7. The number of fused-ring (bicyclic) bond motifs is 2. The topological polar surface area (TPSA) is 91.5 Å². The fourth-order valence-corrected chi connectivity index (χ4v) is 4.42. The Morgan fingerprint density at radius 3 is 2.62 bits per heavy atom. The van der Waals surface area contributed by atoms with Crippen LogP contribution in [0.3, 0.4) is 0 Å². The van der Waals surface area contributed by atoms with Crippen molar-refractivity contribution in [2.45, 2.75) is 45.5 Å². The number of ether oxygens (including phenoxy) is 2. The minimum Gasteiger partial charge on any atom is -0.443 e. The van der Waals surface area contributed by atoms with Crippen LogP contribution >= 0.6 is 0 Å². The van der Waals surface area contributed by atoms with Gasteiger partial charge >= 0.3 is 12.3 Å². The number of rotatable bonds is 3. The van der Waals surface area contributed by atoms with Crippen molar-refractivity contribution >= 4 is 33.8 Å². The predicted octanol–water partition coefficient (Wildman–Crippen LogP) is 5.26. The van der Waals surface area contributed by atoms with Crippen molar-refractivity contribution < 1.29 is 35.0 Å². The molecular weight excluding hydrogens is 515 g/mol. The number of halogens is 3. The van der Waals surface area contributed by atoms with Gasteiger partial charge in [0.1, 0.15) is 23.5 Å². The molecule has 9 nitrogen and oxygen atoms in total. The van der Waals surface area contributed by atoms with Crippen molar-refractivity contribution in [1.82, 2.24) is 24.2 Å². The highest BCUT2D eigenvalue weighted by Gasteiger charge is 2.31. The molecule has 4 aromatic rings. The molecule has 4 heterocycles. The van der Waals surface area contributed by atoms with Crippen LogP contribution in [0.1, 0.15) is 40.4 Å². The van der Waals surface area contributed by atoms with E-state index in [2.05, 4.69) is 10.1 Å². The van der Waals surface area contributed by atoms with E-state index in [1.165, 1.54) is 27.9 Å². The normalized spacial score (nSPS) is 17.1. The lowest BCUT2D eigenvalue weighted by Crippen LogP contribution is -2.33. The van der Waals surface area contributed by atoms with Crippen molar-refractivity contribution in [2.24, 2.45) is 0 Å². The molecule has 1 saturated heterocycles. The Hall–Kier alpha value is -3.93. The number of hydrogen-bond donors (Lipinski definition) is 0. The van der Waals surface area contributed by atoms with Crippen LogP contribution in [-0.2, 0) is 16.0 Å². The summed E-state index contributed by atoms with van der Waals surface area (Å²) in [4.78, 5) is 31.7. The van der Waals surface area contributed by atoms with E-state index in [0.29, 0.717) is 16.5 Å². The summed E-state index contributed by atoms with van der Waals surface area (Å²) in [7, 11) is 0. The first-order chi connectivity index (χ1) is 19.1. The van der Waals surface area contributed by atoms with Gasteiger partial charge in [-0.05, 0) is 39.3 Å². The first-order valence-corrected chi connectivity index (χ1v) is 12.3. The Balaban J connectivity index is 1.64. The summed E-state index contributed by atoms with van der Waals surface area (Å²) in [5, 5.41) is 5.08. The molecule has 0 spiro atoms. The first-order valence-electron chi connectivity index (χ1n) is 13.3. The van der Waals surface area contributed by atoms with Crippen LogP contribution < -0.4 is 0 Å². The lowest BCUT2D eigenvalue weighted by Gasteiger charge is -2.19. The maximum Gasteiger partial charge on any atom is 0.419 e. The number of aromatic nitrogens is 4. The van der Waals surface area contributed by atoms with Crippen molar-refractivity contribution in [1.29, 1.82) is 0 Å². The second-order valence-corrected chi connectivity index (χ2v) is 10.1. The van der Waals surface area contributed by atoms with Crippen LogP contribution in [0, 0.1) is 0 Å². The van der Waals surface area contributed by atoms with Gasteiger partial charge in [-0.1, -0.05) is 18.2 Å². The first kappa shape index (κ1) is 24.1. The number of carbonyl (C=O) groups is 2. The van der Waals surface area contributed by atoms with Gasteiger partial charge in [0.2, 0.25) is 0 Å². The average molecular weight is 546 g/mol. The largest absolute Gasteiger partial charge is 0.443 e. The van der Waals surface area contributed by atoms with Crippen molar-refractivity contribution in [3.63, 3.8) is 0 Å². The van der Waals surface area contributed by atoms with E-state index in [0.717, 1.165) is 4.68 Å². The van der Waals surface area contributed by atoms with Gasteiger partial charge in [0.15, 0.2) is 0 Å². The van der Waals surface area contributed by atoms with Gasteiger partial charge in [0.25, 0.3) is 5.91 Å². The third kappa shape index (κ3) is 5.60. The molecule has 206 valence electrons. The molecule has 0 saturated carbocycles. The molecule has 0 aliphatic carbocycles. The molecule has 1 fully saturated rings. The van der Waals surface area contributed by atoms with E-state index >= 15 is 0 Å². The van der Waals surface area contributed by atoms with Crippen LogP contribution in [0.25, 0.3) is 33.1 Å². The smallest absolute Gasteiger partial charge is 0.419 e. The molecular formula is C27H28F3N5O4. The summed E-state index contributed by atoms with van der Waals surface area (Å²) in [6.45, 7) is 3.54. The second kappa shape index (κ2) is 9.99. The van der Waals surface area contributed by atoms with Crippen LogP contribution in [0.4, 0.5) is 18.0 Å². The highest BCUT2D eigenvalue weighted by molar-refractivity contribution is 6.06. The zero-order valence-corrected chi connectivity index (χ0v) is 21.6. The van der Waals surface area contributed by atoms with Crippen molar-refractivity contribution in [3.8, 4) is 11.3 Å². The molecule has 1 aliphatic heterocycles. The Morgan fingerprint density at radius 2 is 1.87 bits per heavy atom. The minimum atomic E-state index is -4.62. The second-order valence-electron chi connectivity index (χ2n) is 10.1. The maximum absolute atomic E-state index is 13.6. The van der Waals surface area contributed by atoms with Gasteiger partial charge in [-0.15, -0.1) is 0 Å². The Labute approximate surface area is 224 Å². The number of nitrogens with zero attached hydrogens (tertiary/aromatic N) is 5. The number of amides is 1. The number of pyridine rings is 1. The number of hydrogen-bond acceptors (Lipinski definition) is 6. The number of benzene rings is 1. The molecule has 0 unspecified atom stereocenters. The summed E-state index contributed by atoms with van der Waals surface area (Å²) in [5.74, 6) is -0.635. The van der Waals surface area contributed by atoms with Crippen molar-refractivity contribution in [2.75, 3.05) is 26.3 Å². The standard InChI is InChI=1S/C27H28F3N5O4/c1-26(2,3)39-25(37)34-15-19(17-7-4-5-8-21(17)34)23-18-14-31-20(24(36)33-9-6-11-38-12-10-33)13-22(18)35(32-23)16-27(28,29)30/h4-5,7-8,13-15H,6,9-12,16H2,1-3H3/i6D2. The van der Waals surface area contributed by atoms with Crippen molar-refractivity contribution in [3.05, 3.63) is 48.4 Å². The highest BCUT2D eigenvalue weighted by atomic mass is 19.4.